The number of hydrogen-bond acceptors (Lipinski definition) is 1. The lowest BCUT2D eigenvalue weighted by atomic mass is 10.1. The zero-order valence-electron chi connectivity index (χ0n) is 9.04. The summed E-state index contributed by atoms with van der Waals surface area (Å²) in [5, 5.41) is 0.664. The van der Waals surface area contributed by atoms with Crippen molar-refractivity contribution in [2.24, 2.45) is 5.92 Å². The van der Waals surface area contributed by atoms with Gasteiger partial charge in [-0.1, -0.05) is 24.6 Å². The molecular formula is C12H13Cl2NO. The monoisotopic (exact) mass is 257 g/mol. The van der Waals surface area contributed by atoms with Gasteiger partial charge in [-0.25, -0.2) is 0 Å². The molecule has 16 heavy (non-hydrogen) atoms. The van der Waals surface area contributed by atoms with Gasteiger partial charge in [-0.3, -0.25) is 4.79 Å². The van der Waals surface area contributed by atoms with Gasteiger partial charge in [0.05, 0.1) is 6.42 Å². The van der Waals surface area contributed by atoms with E-state index in [1.54, 1.807) is 4.90 Å². The molecule has 1 aliphatic rings. The first-order chi connectivity index (χ1) is 7.61. The highest BCUT2D eigenvalue weighted by Gasteiger charge is 2.28. The minimum Gasteiger partial charge on any atom is -0.311 e. The molecule has 1 amide bonds. The Hall–Kier alpha value is -0.730. The van der Waals surface area contributed by atoms with E-state index < -0.39 is 0 Å². The van der Waals surface area contributed by atoms with E-state index in [9.17, 15) is 4.79 Å². The van der Waals surface area contributed by atoms with Gasteiger partial charge < -0.3 is 4.90 Å². The molecule has 1 aromatic carbocycles. The Bertz CT molecular complexity index is 419. The van der Waals surface area contributed by atoms with E-state index in [-0.39, 0.29) is 11.8 Å². The smallest absolute Gasteiger partial charge is 0.231 e. The predicted octanol–water partition coefficient (Wildman–Crippen LogP) is 3.10. The topological polar surface area (TPSA) is 20.3 Å². The molecule has 1 heterocycles. The summed E-state index contributed by atoms with van der Waals surface area (Å²) in [6, 6.07) is 5.59. The van der Waals surface area contributed by atoms with Gasteiger partial charge >= 0.3 is 0 Å². The van der Waals surface area contributed by atoms with Crippen LogP contribution in [0.4, 0.5) is 5.69 Å². The molecule has 0 saturated heterocycles. The maximum Gasteiger partial charge on any atom is 0.231 e. The molecule has 0 aliphatic carbocycles. The number of carbonyl (C=O) groups excluding carboxylic acids is 1. The number of nitrogens with zero attached hydrogens (tertiary/aromatic N) is 1. The standard InChI is InChI=1S/C12H13Cl2NO/c1-8(6-13)7-15-11-5-10(14)3-2-9(11)4-12(15)16/h2-3,5,8H,4,6-7H2,1H3. The van der Waals surface area contributed by atoms with Crippen molar-refractivity contribution in [3.05, 3.63) is 28.8 Å². The number of anilines is 1. The van der Waals surface area contributed by atoms with Crippen LogP contribution in [0.5, 0.6) is 0 Å². The SMILES string of the molecule is CC(CCl)CN1C(=O)Cc2ccc(Cl)cc21. The van der Waals surface area contributed by atoms with Crippen LogP contribution in [0.2, 0.25) is 5.02 Å². The molecule has 0 N–H and O–H groups in total. The lowest BCUT2D eigenvalue weighted by Gasteiger charge is -2.20. The van der Waals surface area contributed by atoms with Crippen LogP contribution in [0, 0.1) is 5.92 Å². The minimum atomic E-state index is 0.134. The second-order valence-electron chi connectivity index (χ2n) is 4.21. The quantitative estimate of drug-likeness (QED) is 0.763. The number of hydrogen-bond donors (Lipinski definition) is 0. The molecule has 0 saturated carbocycles. The van der Waals surface area contributed by atoms with Crippen LogP contribution in [0.3, 0.4) is 0 Å². The summed E-state index contributed by atoms with van der Waals surface area (Å²) < 4.78 is 0. The molecule has 2 rings (SSSR count). The van der Waals surface area contributed by atoms with E-state index in [4.69, 9.17) is 23.2 Å². The second kappa shape index (κ2) is 4.64. The molecule has 0 aromatic heterocycles. The molecule has 0 fully saturated rings. The van der Waals surface area contributed by atoms with Gasteiger partial charge in [0.2, 0.25) is 5.91 Å². The van der Waals surface area contributed by atoms with Gasteiger partial charge in [-0.2, -0.15) is 0 Å². The fraction of sp³-hybridized carbons (Fsp3) is 0.417. The molecule has 0 bridgehead atoms. The van der Waals surface area contributed by atoms with E-state index in [1.165, 1.54) is 0 Å². The Morgan fingerprint density at radius 1 is 1.50 bits per heavy atom. The normalized spacial score (nSPS) is 16.4. The third-order valence-corrected chi connectivity index (χ3v) is 3.50. The van der Waals surface area contributed by atoms with Crippen molar-refractivity contribution in [1.82, 2.24) is 0 Å². The highest BCUT2D eigenvalue weighted by molar-refractivity contribution is 6.31. The average Bonchev–Trinajstić information content (AvgIpc) is 2.55. The molecule has 1 aliphatic heterocycles. The fourth-order valence-corrected chi connectivity index (χ4v) is 2.16. The lowest BCUT2D eigenvalue weighted by Crippen LogP contribution is -2.31. The first kappa shape index (κ1) is 11.7. The molecule has 1 unspecified atom stereocenters. The third kappa shape index (κ3) is 2.18. The van der Waals surface area contributed by atoms with E-state index in [1.807, 2.05) is 25.1 Å². The first-order valence-corrected chi connectivity index (χ1v) is 6.18. The van der Waals surface area contributed by atoms with E-state index in [2.05, 4.69) is 0 Å². The highest BCUT2D eigenvalue weighted by atomic mass is 35.5. The van der Waals surface area contributed by atoms with E-state index in [0.717, 1.165) is 11.3 Å². The fourth-order valence-electron chi connectivity index (χ4n) is 1.89. The number of carbonyl (C=O) groups is 1. The number of halogens is 2. The van der Waals surface area contributed by atoms with Crippen LogP contribution in [-0.2, 0) is 11.2 Å². The van der Waals surface area contributed by atoms with Gasteiger partial charge in [0.15, 0.2) is 0 Å². The predicted molar refractivity (Wildman–Crippen MR) is 67.4 cm³/mol. The van der Waals surface area contributed by atoms with Crippen LogP contribution < -0.4 is 4.90 Å². The van der Waals surface area contributed by atoms with E-state index in [0.29, 0.717) is 23.9 Å². The van der Waals surface area contributed by atoms with Crippen molar-refractivity contribution < 1.29 is 4.79 Å². The number of alkyl halides is 1. The average molecular weight is 258 g/mol. The summed E-state index contributed by atoms with van der Waals surface area (Å²) >= 11 is 11.7. The summed E-state index contributed by atoms with van der Waals surface area (Å²) in [5.74, 6) is 0.976. The van der Waals surface area contributed by atoms with Crippen molar-refractivity contribution >= 4 is 34.8 Å². The minimum absolute atomic E-state index is 0.134. The van der Waals surface area contributed by atoms with Crippen LogP contribution in [0.1, 0.15) is 12.5 Å². The van der Waals surface area contributed by atoms with E-state index >= 15 is 0 Å². The van der Waals surface area contributed by atoms with Gasteiger partial charge in [-0.05, 0) is 23.6 Å². The maximum absolute atomic E-state index is 11.8. The van der Waals surface area contributed by atoms with Gasteiger partial charge in [-0.15, -0.1) is 11.6 Å². The van der Waals surface area contributed by atoms with Crippen LogP contribution in [-0.4, -0.2) is 18.3 Å². The summed E-state index contributed by atoms with van der Waals surface area (Å²) in [5.41, 5.74) is 1.99. The van der Waals surface area contributed by atoms with Crippen LogP contribution in [0.15, 0.2) is 18.2 Å². The number of rotatable bonds is 3. The molecule has 1 atom stereocenters. The molecule has 4 heteroatoms. The van der Waals surface area contributed by atoms with Crippen molar-refractivity contribution in [3.8, 4) is 0 Å². The Morgan fingerprint density at radius 2 is 2.25 bits per heavy atom. The molecule has 86 valence electrons. The van der Waals surface area contributed by atoms with Crippen molar-refractivity contribution in [2.45, 2.75) is 13.3 Å². The summed E-state index contributed by atoms with van der Waals surface area (Å²) in [4.78, 5) is 13.6. The van der Waals surface area contributed by atoms with Crippen LogP contribution >= 0.6 is 23.2 Å². The third-order valence-electron chi connectivity index (χ3n) is 2.74. The number of fused-ring (bicyclic) bond motifs is 1. The molecule has 2 nitrogen and oxygen atoms in total. The number of amides is 1. The molecule has 1 aromatic rings. The van der Waals surface area contributed by atoms with Gasteiger partial charge in [0.25, 0.3) is 0 Å². The Balaban J connectivity index is 2.28. The van der Waals surface area contributed by atoms with Crippen molar-refractivity contribution in [1.29, 1.82) is 0 Å². The zero-order chi connectivity index (χ0) is 11.7. The second-order valence-corrected chi connectivity index (χ2v) is 4.96. The largest absolute Gasteiger partial charge is 0.311 e. The summed E-state index contributed by atoms with van der Waals surface area (Å²) in [7, 11) is 0. The van der Waals surface area contributed by atoms with Gasteiger partial charge in [0, 0.05) is 23.1 Å². The Kier molecular flexibility index (Phi) is 3.41. The Morgan fingerprint density at radius 3 is 2.94 bits per heavy atom. The Labute approximate surface area is 105 Å². The first-order valence-electron chi connectivity index (χ1n) is 5.26. The highest BCUT2D eigenvalue weighted by Crippen LogP contribution is 2.32. The number of benzene rings is 1. The zero-order valence-corrected chi connectivity index (χ0v) is 10.6. The maximum atomic E-state index is 11.8. The molecule has 0 radical (unpaired) electrons. The van der Waals surface area contributed by atoms with Crippen molar-refractivity contribution in [3.63, 3.8) is 0 Å². The van der Waals surface area contributed by atoms with Crippen molar-refractivity contribution in [2.75, 3.05) is 17.3 Å². The summed E-state index contributed by atoms with van der Waals surface area (Å²) in [6.45, 7) is 2.69. The lowest BCUT2D eigenvalue weighted by molar-refractivity contribution is -0.117. The van der Waals surface area contributed by atoms with Crippen LogP contribution in [0.25, 0.3) is 0 Å². The summed E-state index contributed by atoms with van der Waals surface area (Å²) in [6.07, 6.45) is 0.474. The molecular weight excluding hydrogens is 245 g/mol. The molecule has 0 spiro atoms. The van der Waals surface area contributed by atoms with Gasteiger partial charge in [0.1, 0.15) is 0 Å².